The van der Waals surface area contributed by atoms with Crippen LogP contribution in [0.5, 0.6) is 0 Å². The molecule has 2 unspecified atom stereocenters. The maximum atomic E-state index is 11.9. The number of primary amides is 1. The molecule has 0 aliphatic heterocycles. The first kappa shape index (κ1) is 13.1. The summed E-state index contributed by atoms with van der Waals surface area (Å²) >= 11 is 0. The van der Waals surface area contributed by atoms with Gasteiger partial charge in [0.15, 0.2) is 5.03 Å². The molecule has 7 nitrogen and oxygen atoms in total. The van der Waals surface area contributed by atoms with E-state index in [1.54, 1.807) is 6.07 Å². The molecule has 3 amide bonds. The summed E-state index contributed by atoms with van der Waals surface area (Å²) in [6.07, 6.45) is 1.42. The molecular weight excluding hydrogens is 244 g/mol. The molecule has 5 N–H and O–H groups in total. The molecule has 0 bridgehead atoms. The summed E-state index contributed by atoms with van der Waals surface area (Å²) in [6, 6.07) is 2.12. The van der Waals surface area contributed by atoms with Crippen LogP contribution in [0.2, 0.25) is 0 Å². The molecule has 92 valence electrons. The Morgan fingerprint density at radius 1 is 1.53 bits per heavy atom. The first-order valence-corrected chi connectivity index (χ1v) is 5.86. The Hall–Kier alpha value is -1.96. The van der Waals surface area contributed by atoms with Crippen LogP contribution in [-0.2, 0) is 15.6 Å². The van der Waals surface area contributed by atoms with Crippen molar-refractivity contribution in [1.29, 1.82) is 0 Å². The molecule has 0 saturated heterocycles. The van der Waals surface area contributed by atoms with E-state index in [2.05, 4.69) is 4.98 Å². The molecule has 0 aromatic carbocycles. The van der Waals surface area contributed by atoms with E-state index in [4.69, 9.17) is 11.5 Å². The van der Waals surface area contributed by atoms with Crippen molar-refractivity contribution in [2.75, 3.05) is 5.73 Å². The number of pyridine rings is 1. The van der Waals surface area contributed by atoms with Gasteiger partial charge in [0.05, 0.1) is 16.5 Å². The summed E-state index contributed by atoms with van der Waals surface area (Å²) in [4.78, 5) is 25.7. The number of amides is 3. The number of carbonyl (C=O) groups is 2. The molecule has 0 aliphatic rings. The summed E-state index contributed by atoms with van der Waals surface area (Å²) in [5.41, 5.74) is 10.6. The highest BCUT2D eigenvalue weighted by atomic mass is 32.2. The predicted molar refractivity (Wildman–Crippen MR) is 62.2 cm³/mol. The molecule has 2 atom stereocenters. The number of anilines is 1. The number of rotatable bonds is 3. The summed E-state index contributed by atoms with van der Waals surface area (Å²) in [5.74, 6) is -0.735. The van der Waals surface area contributed by atoms with Crippen LogP contribution in [0.3, 0.4) is 0 Å². The predicted octanol–water partition coefficient (Wildman–Crippen LogP) is -0.645. The highest BCUT2D eigenvalue weighted by Gasteiger charge is 2.24. The number of imide groups is 1. The van der Waals surface area contributed by atoms with Crippen molar-refractivity contribution in [2.45, 2.75) is 17.2 Å². The molecule has 1 heterocycles. The van der Waals surface area contributed by atoms with Crippen molar-refractivity contribution in [2.24, 2.45) is 5.73 Å². The van der Waals surface area contributed by atoms with E-state index in [0.717, 1.165) is 0 Å². The van der Waals surface area contributed by atoms with Crippen LogP contribution in [0.15, 0.2) is 23.4 Å². The van der Waals surface area contributed by atoms with Gasteiger partial charge in [0, 0.05) is 6.20 Å². The Kier molecular flexibility index (Phi) is 4.16. The molecule has 0 aliphatic carbocycles. The van der Waals surface area contributed by atoms with E-state index in [-0.39, 0.29) is 10.7 Å². The Labute approximate surface area is 100 Å². The summed E-state index contributed by atoms with van der Waals surface area (Å²) < 4.78 is 11.9. The molecule has 0 saturated carbocycles. The van der Waals surface area contributed by atoms with Gasteiger partial charge in [0.2, 0.25) is 5.91 Å². The van der Waals surface area contributed by atoms with Gasteiger partial charge in [-0.3, -0.25) is 14.3 Å². The Balaban J connectivity index is 2.87. The van der Waals surface area contributed by atoms with Gasteiger partial charge in [-0.15, -0.1) is 0 Å². The topological polar surface area (TPSA) is 128 Å². The van der Waals surface area contributed by atoms with E-state index in [1.165, 1.54) is 19.2 Å². The third kappa shape index (κ3) is 3.25. The zero-order valence-corrected chi connectivity index (χ0v) is 9.86. The summed E-state index contributed by atoms with van der Waals surface area (Å²) in [6.45, 7) is 1.39. The lowest BCUT2D eigenvalue weighted by atomic mass is 10.4. The first-order chi connectivity index (χ1) is 7.93. The Morgan fingerprint density at radius 3 is 2.71 bits per heavy atom. The van der Waals surface area contributed by atoms with E-state index in [0.29, 0.717) is 0 Å². The maximum absolute atomic E-state index is 11.9. The SMILES string of the molecule is CC(C(=O)NC(N)=O)S(=O)c1ncccc1N. The van der Waals surface area contributed by atoms with Crippen molar-refractivity contribution in [3.63, 3.8) is 0 Å². The van der Waals surface area contributed by atoms with Gasteiger partial charge >= 0.3 is 6.03 Å². The first-order valence-electron chi connectivity index (χ1n) is 4.65. The number of nitrogens with zero attached hydrogens (tertiary/aromatic N) is 1. The highest BCUT2D eigenvalue weighted by Crippen LogP contribution is 2.15. The van der Waals surface area contributed by atoms with Crippen molar-refractivity contribution < 1.29 is 13.8 Å². The fourth-order valence-electron chi connectivity index (χ4n) is 1.06. The van der Waals surface area contributed by atoms with Crippen LogP contribution < -0.4 is 16.8 Å². The number of aromatic nitrogens is 1. The van der Waals surface area contributed by atoms with Crippen LogP contribution in [-0.4, -0.2) is 26.4 Å². The zero-order chi connectivity index (χ0) is 13.0. The molecular formula is C9H12N4O3S. The fraction of sp³-hybridized carbons (Fsp3) is 0.222. The summed E-state index contributed by atoms with van der Waals surface area (Å²) in [7, 11) is -1.74. The standard InChI is InChI=1S/C9H12N4O3S/c1-5(7(14)13-9(11)15)17(16)8-6(10)3-2-4-12-8/h2-5H,10H2,1H3,(H3,11,13,14,15). The third-order valence-electron chi connectivity index (χ3n) is 1.93. The Bertz CT molecular complexity index is 477. The minimum Gasteiger partial charge on any atom is -0.396 e. The molecule has 0 fully saturated rings. The quantitative estimate of drug-likeness (QED) is 0.662. The number of hydrogen-bond acceptors (Lipinski definition) is 5. The van der Waals surface area contributed by atoms with Crippen molar-refractivity contribution in [3.05, 3.63) is 18.3 Å². The van der Waals surface area contributed by atoms with Crippen LogP contribution >= 0.6 is 0 Å². The smallest absolute Gasteiger partial charge is 0.318 e. The number of nitrogens with two attached hydrogens (primary N) is 2. The van der Waals surface area contributed by atoms with Crippen LogP contribution in [0.25, 0.3) is 0 Å². The molecule has 8 heteroatoms. The van der Waals surface area contributed by atoms with Gasteiger partial charge < -0.3 is 11.5 Å². The van der Waals surface area contributed by atoms with Crippen molar-refractivity contribution >= 4 is 28.4 Å². The van der Waals surface area contributed by atoms with E-state index in [1.807, 2.05) is 5.32 Å². The van der Waals surface area contributed by atoms with E-state index < -0.39 is 28.0 Å². The second kappa shape index (κ2) is 5.39. The van der Waals surface area contributed by atoms with E-state index in [9.17, 15) is 13.8 Å². The van der Waals surface area contributed by atoms with Gasteiger partial charge in [-0.2, -0.15) is 0 Å². The number of carbonyl (C=O) groups excluding carboxylic acids is 2. The number of nitrogens with one attached hydrogen (secondary N) is 1. The normalized spacial score (nSPS) is 13.7. The van der Waals surface area contributed by atoms with Crippen molar-refractivity contribution in [1.82, 2.24) is 10.3 Å². The Morgan fingerprint density at radius 2 is 2.18 bits per heavy atom. The van der Waals surface area contributed by atoms with Gasteiger partial charge in [-0.25, -0.2) is 9.78 Å². The molecule has 1 aromatic rings. The van der Waals surface area contributed by atoms with Crippen LogP contribution in [0, 0.1) is 0 Å². The van der Waals surface area contributed by atoms with Gasteiger partial charge in [-0.1, -0.05) is 0 Å². The molecule has 0 radical (unpaired) electrons. The monoisotopic (exact) mass is 256 g/mol. The minimum atomic E-state index is -1.74. The lowest BCUT2D eigenvalue weighted by Crippen LogP contribution is -2.42. The summed E-state index contributed by atoms with van der Waals surface area (Å²) in [5, 5.41) is 0.989. The number of hydrogen-bond donors (Lipinski definition) is 3. The molecule has 1 aromatic heterocycles. The van der Waals surface area contributed by atoms with Gasteiger partial charge in [-0.05, 0) is 19.1 Å². The highest BCUT2D eigenvalue weighted by molar-refractivity contribution is 7.86. The van der Waals surface area contributed by atoms with Gasteiger partial charge in [0.25, 0.3) is 0 Å². The maximum Gasteiger partial charge on any atom is 0.318 e. The number of nitrogen functional groups attached to an aromatic ring is 1. The lowest BCUT2D eigenvalue weighted by Gasteiger charge is -2.10. The van der Waals surface area contributed by atoms with Gasteiger partial charge in [0.1, 0.15) is 5.25 Å². The third-order valence-corrected chi connectivity index (χ3v) is 3.51. The minimum absolute atomic E-state index is 0.111. The van der Waals surface area contributed by atoms with E-state index >= 15 is 0 Å². The average Bonchev–Trinajstić information content (AvgIpc) is 2.27. The van der Waals surface area contributed by atoms with Crippen LogP contribution in [0.1, 0.15) is 6.92 Å². The average molecular weight is 256 g/mol. The fourth-order valence-corrected chi connectivity index (χ4v) is 2.11. The molecule has 0 spiro atoms. The lowest BCUT2D eigenvalue weighted by molar-refractivity contribution is -0.119. The molecule has 1 rings (SSSR count). The second-order valence-electron chi connectivity index (χ2n) is 3.19. The second-order valence-corrected chi connectivity index (χ2v) is 4.88. The zero-order valence-electron chi connectivity index (χ0n) is 9.04. The molecule has 17 heavy (non-hydrogen) atoms. The van der Waals surface area contributed by atoms with Crippen LogP contribution in [0.4, 0.5) is 10.5 Å². The number of urea groups is 1. The van der Waals surface area contributed by atoms with Crippen molar-refractivity contribution in [3.8, 4) is 0 Å². The largest absolute Gasteiger partial charge is 0.396 e.